The first-order valence-electron chi connectivity index (χ1n) is 5.56. The molecule has 18 heavy (non-hydrogen) atoms. The highest BCUT2D eigenvalue weighted by molar-refractivity contribution is 7.07. The van der Waals surface area contributed by atoms with Crippen molar-refractivity contribution >= 4 is 23.1 Å². The van der Waals surface area contributed by atoms with E-state index >= 15 is 0 Å². The number of benzene rings is 1. The lowest BCUT2D eigenvalue weighted by Gasteiger charge is -2.11. The number of urea groups is 1. The summed E-state index contributed by atoms with van der Waals surface area (Å²) >= 11 is 1.52. The van der Waals surface area contributed by atoms with Crippen LogP contribution in [0.2, 0.25) is 0 Å². The lowest BCUT2D eigenvalue weighted by molar-refractivity contribution is 0.175. The van der Waals surface area contributed by atoms with Crippen molar-refractivity contribution in [1.82, 2.24) is 5.32 Å². The number of nitrogens with one attached hydrogen (secondary N) is 2. The Labute approximate surface area is 109 Å². The molecule has 5 heteroatoms. The smallest absolute Gasteiger partial charge is 0.319 e. The van der Waals surface area contributed by atoms with Crippen molar-refractivity contribution in [2.24, 2.45) is 0 Å². The highest BCUT2D eigenvalue weighted by Gasteiger charge is 2.09. The number of para-hydroxylation sites is 1. The molecule has 94 valence electrons. The summed E-state index contributed by atoms with van der Waals surface area (Å²) in [4.78, 5) is 11.6. The molecule has 0 saturated carbocycles. The average Bonchev–Trinajstić information content (AvgIpc) is 2.91. The summed E-state index contributed by atoms with van der Waals surface area (Å²) in [5.74, 6) is 0. The van der Waals surface area contributed by atoms with Crippen LogP contribution < -0.4 is 10.6 Å². The maximum absolute atomic E-state index is 11.6. The van der Waals surface area contributed by atoms with Crippen LogP contribution in [0.15, 0.2) is 47.2 Å². The molecule has 3 N–H and O–H groups in total. The van der Waals surface area contributed by atoms with Gasteiger partial charge in [0.15, 0.2) is 0 Å². The normalized spacial score (nSPS) is 11.8. The van der Waals surface area contributed by atoms with Gasteiger partial charge in [-0.2, -0.15) is 11.3 Å². The predicted octanol–water partition coefficient (Wildman–Crippen LogP) is 2.60. The predicted molar refractivity (Wildman–Crippen MR) is 72.7 cm³/mol. The second kappa shape index (κ2) is 6.18. The van der Waals surface area contributed by atoms with Gasteiger partial charge in [-0.25, -0.2) is 4.79 Å². The van der Waals surface area contributed by atoms with Crippen LogP contribution in [0.25, 0.3) is 0 Å². The monoisotopic (exact) mass is 262 g/mol. The van der Waals surface area contributed by atoms with E-state index in [2.05, 4.69) is 10.6 Å². The van der Waals surface area contributed by atoms with E-state index in [9.17, 15) is 9.90 Å². The zero-order valence-corrected chi connectivity index (χ0v) is 10.5. The van der Waals surface area contributed by atoms with Crippen LogP contribution >= 0.6 is 11.3 Å². The molecule has 1 aromatic heterocycles. The third-order valence-corrected chi connectivity index (χ3v) is 3.12. The summed E-state index contributed by atoms with van der Waals surface area (Å²) in [5.41, 5.74) is 1.54. The number of amides is 2. The third-order valence-electron chi connectivity index (χ3n) is 2.42. The first-order chi connectivity index (χ1) is 8.75. The Bertz CT molecular complexity index is 485. The van der Waals surface area contributed by atoms with Crippen LogP contribution in [0, 0.1) is 0 Å². The minimum Gasteiger partial charge on any atom is -0.387 e. The maximum Gasteiger partial charge on any atom is 0.319 e. The number of carbonyl (C=O) groups is 1. The minimum absolute atomic E-state index is 0.190. The third kappa shape index (κ3) is 3.58. The molecule has 1 unspecified atom stereocenters. The molecule has 1 heterocycles. The summed E-state index contributed by atoms with van der Waals surface area (Å²) in [6.45, 7) is 0.190. The van der Waals surface area contributed by atoms with Gasteiger partial charge in [0.1, 0.15) is 0 Å². The first kappa shape index (κ1) is 12.6. The van der Waals surface area contributed by atoms with Crippen molar-refractivity contribution in [3.63, 3.8) is 0 Å². The fourth-order valence-corrected chi connectivity index (χ4v) is 2.18. The van der Waals surface area contributed by atoms with Gasteiger partial charge >= 0.3 is 6.03 Å². The number of thiophene rings is 1. The van der Waals surface area contributed by atoms with Gasteiger partial charge in [-0.1, -0.05) is 18.2 Å². The van der Waals surface area contributed by atoms with Gasteiger partial charge in [-0.15, -0.1) is 0 Å². The molecule has 0 radical (unpaired) electrons. The zero-order valence-electron chi connectivity index (χ0n) is 9.67. The van der Waals surface area contributed by atoms with Gasteiger partial charge in [0.05, 0.1) is 6.10 Å². The maximum atomic E-state index is 11.6. The highest BCUT2D eigenvalue weighted by atomic mass is 32.1. The van der Waals surface area contributed by atoms with Gasteiger partial charge in [0.25, 0.3) is 0 Å². The average molecular weight is 262 g/mol. The van der Waals surface area contributed by atoms with Crippen LogP contribution in [0.3, 0.4) is 0 Å². The lowest BCUT2D eigenvalue weighted by Crippen LogP contribution is -2.32. The number of aliphatic hydroxyl groups is 1. The van der Waals surface area contributed by atoms with Crippen molar-refractivity contribution in [2.75, 3.05) is 11.9 Å². The van der Waals surface area contributed by atoms with E-state index in [0.29, 0.717) is 0 Å². The summed E-state index contributed by atoms with van der Waals surface area (Å²) in [7, 11) is 0. The quantitative estimate of drug-likeness (QED) is 0.793. The molecule has 4 nitrogen and oxygen atoms in total. The van der Waals surface area contributed by atoms with Crippen molar-refractivity contribution in [3.8, 4) is 0 Å². The molecule has 1 aromatic carbocycles. The molecular weight excluding hydrogens is 248 g/mol. The summed E-state index contributed by atoms with van der Waals surface area (Å²) in [5, 5.41) is 18.9. The van der Waals surface area contributed by atoms with E-state index in [1.165, 1.54) is 11.3 Å². The minimum atomic E-state index is -0.669. The molecule has 2 amide bonds. The van der Waals surface area contributed by atoms with E-state index in [4.69, 9.17) is 0 Å². The Hall–Kier alpha value is -1.85. The van der Waals surface area contributed by atoms with Crippen molar-refractivity contribution < 1.29 is 9.90 Å². The Balaban J connectivity index is 1.79. The van der Waals surface area contributed by atoms with Crippen LogP contribution in [-0.2, 0) is 0 Å². The zero-order chi connectivity index (χ0) is 12.8. The highest BCUT2D eigenvalue weighted by Crippen LogP contribution is 2.15. The molecule has 0 bridgehead atoms. The van der Waals surface area contributed by atoms with E-state index < -0.39 is 6.10 Å². The van der Waals surface area contributed by atoms with E-state index in [1.54, 1.807) is 12.1 Å². The van der Waals surface area contributed by atoms with E-state index in [0.717, 1.165) is 11.3 Å². The van der Waals surface area contributed by atoms with Gasteiger partial charge < -0.3 is 15.7 Å². The number of hydrogen-bond donors (Lipinski definition) is 3. The topological polar surface area (TPSA) is 61.4 Å². The van der Waals surface area contributed by atoms with Crippen molar-refractivity contribution in [3.05, 3.63) is 52.7 Å². The van der Waals surface area contributed by atoms with Gasteiger partial charge in [-0.05, 0) is 34.5 Å². The van der Waals surface area contributed by atoms with Crippen LogP contribution in [-0.4, -0.2) is 17.7 Å². The fourth-order valence-electron chi connectivity index (χ4n) is 1.47. The fraction of sp³-hybridized carbons (Fsp3) is 0.154. The number of anilines is 1. The van der Waals surface area contributed by atoms with Crippen LogP contribution in [0.4, 0.5) is 10.5 Å². The Kier molecular flexibility index (Phi) is 4.33. The number of hydrogen-bond acceptors (Lipinski definition) is 3. The second-order valence-electron chi connectivity index (χ2n) is 3.77. The number of rotatable bonds is 4. The second-order valence-corrected chi connectivity index (χ2v) is 4.55. The van der Waals surface area contributed by atoms with Gasteiger partial charge in [0.2, 0.25) is 0 Å². The van der Waals surface area contributed by atoms with Crippen molar-refractivity contribution in [1.29, 1.82) is 0 Å². The van der Waals surface area contributed by atoms with Gasteiger partial charge in [0, 0.05) is 12.2 Å². The van der Waals surface area contributed by atoms with Crippen LogP contribution in [0.1, 0.15) is 11.7 Å². The van der Waals surface area contributed by atoms with Crippen molar-refractivity contribution in [2.45, 2.75) is 6.10 Å². The molecule has 2 aromatic rings. The standard InChI is InChI=1S/C13H14N2O2S/c16-12(10-6-7-18-9-10)8-14-13(17)15-11-4-2-1-3-5-11/h1-7,9,12,16H,8H2,(H2,14,15,17). The number of aliphatic hydroxyl groups excluding tert-OH is 1. The van der Waals surface area contributed by atoms with E-state index in [-0.39, 0.29) is 12.6 Å². The molecule has 0 aliphatic heterocycles. The molecule has 0 aliphatic carbocycles. The Morgan fingerprint density at radius 3 is 2.72 bits per heavy atom. The molecule has 0 saturated heterocycles. The van der Waals surface area contributed by atoms with Crippen LogP contribution in [0.5, 0.6) is 0 Å². The molecule has 1 atom stereocenters. The van der Waals surface area contributed by atoms with Gasteiger partial charge in [-0.3, -0.25) is 0 Å². The van der Waals surface area contributed by atoms with E-state index in [1.807, 2.05) is 35.0 Å². The molecular formula is C13H14N2O2S. The first-order valence-corrected chi connectivity index (χ1v) is 6.50. The number of carbonyl (C=O) groups excluding carboxylic acids is 1. The summed E-state index contributed by atoms with van der Waals surface area (Å²) in [6, 6.07) is 10.7. The molecule has 0 spiro atoms. The Morgan fingerprint density at radius 2 is 2.06 bits per heavy atom. The molecule has 0 fully saturated rings. The lowest BCUT2D eigenvalue weighted by atomic mass is 10.2. The SMILES string of the molecule is O=C(NCC(O)c1ccsc1)Nc1ccccc1. The molecule has 2 rings (SSSR count). The summed E-state index contributed by atoms with van der Waals surface area (Å²) in [6.07, 6.45) is -0.669. The largest absolute Gasteiger partial charge is 0.387 e. The molecule has 0 aliphatic rings. The summed E-state index contributed by atoms with van der Waals surface area (Å²) < 4.78 is 0. The Morgan fingerprint density at radius 1 is 1.28 bits per heavy atom.